The maximum Gasteiger partial charge on any atom is 0.168 e. The number of anilines is 1. The molecule has 0 unspecified atom stereocenters. The van der Waals surface area contributed by atoms with E-state index < -0.39 is 0 Å². The molecular weight excluding hydrogens is 128 g/mol. The first-order chi connectivity index (χ1) is 4.88. The van der Waals surface area contributed by atoms with Crippen molar-refractivity contribution in [2.45, 2.75) is 0 Å². The first-order valence-electron chi connectivity index (χ1n) is 3.05. The summed E-state index contributed by atoms with van der Waals surface area (Å²) in [7, 11) is 3.43. The molecule has 0 amide bonds. The molecule has 0 aliphatic carbocycles. The van der Waals surface area contributed by atoms with Crippen LogP contribution in [0.5, 0.6) is 5.75 Å². The minimum Gasteiger partial charge on any atom is -0.493 e. The predicted octanol–water partition coefficient (Wildman–Crippen LogP) is 1.13. The topological polar surface area (TPSA) is 34.2 Å². The lowest BCUT2D eigenvalue weighted by Crippen LogP contribution is -1.95. The van der Waals surface area contributed by atoms with E-state index >= 15 is 0 Å². The molecule has 10 heavy (non-hydrogen) atoms. The molecule has 0 saturated heterocycles. The Balaban J connectivity index is 2.96. The highest BCUT2D eigenvalue weighted by molar-refractivity contribution is 5.48. The first-order valence-corrected chi connectivity index (χ1v) is 3.05. The SMILES string of the molecule is CNc1ncccc1OC. The average Bonchev–Trinajstić information content (AvgIpc) is 2.04. The summed E-state index contributed by atoms with van der Waals surface area (Å²) in [6.45, 7) is 0. The second kappa shape index (κ2) is 3.06. The van der Waals surface area contributed by atoms with Gasteiger partial charge in [0.15, 0.2) is 11.6 Å². The molecule has 3 nitrogen and oxygen atoms in total. The molecular formula is C7H10N2O. The van der Waals surface area contributed by atoms with E-state index in [0.717, 1.165) is 11.6 Å². The summed E-state index contributed by atoms with van der Waals surface area (Å²) in [6, 6.07) is 3.69. The number of hydrogen-bond donors (Lipinski definition) is 1. The van der Waals surface area contributed by atoms with Crippen LogP contribution in [0.2, 0.25) is 0 Å². The zero-order valence-electron chi connectivity index (χ0n) is 6.09. The number of methoxy groups -OCH3 is 1. The summed E-state index contributed by atoms with van der Waals surface area (Å²) in [5.41, 5.74) is 0. The molecule has 0 saturated carbocycles. The van der Waals surface area contributed by atoms with Gasteiger partial charge in [-0.15, -0.1) is 0 Å². The molecule has 1 aromatic rings. The third-order valence-electron chi connectivity index (χ3n) is 1.23. The zero-order chi connectivity index (χ0) is 7.40. The molecule has 0 aliphatic heterocycles. The Morgan fingerprint density at radius 3 is 2.90 bits per heavy atom. The van der Waals surface area contributed by atoms with Gasteiger partial charge in [0.2, 0.25) is 0 Å². The summed E-state index contributed by atoms with van der Waals surface area (Å²) in [4.78, 5) is 4.03. The Kier molecular flexibility index (Phi) is 2.10. The minimum absolute atomic E-state index is 0.769. The molecule has 0 fully saturated rings. The van der Waals surface area contributed by atoms with Gasteiger partial charge in [0, 0.05) is 13.2 Å². The summed E-state index contributed by atoms with van der Waals surface area (Å²) >= 11 is 0. The summed E-state index contributed by atoms with van der Waals surface area (Å²) in [6.07, 6.45) is 1.72. The van der Waals surface area contributed by atoms with Gasteiger partial charge in [-0.3, -0.25) is 0 Å². The van der Waals surface area contributed by atoms with E-state index in [9.17, 15) is 0 Å². The van der Waals surface area contributed by atoms with Crippen molar-refractivity contribution in [2.75, 3.05) is 19.5 Å². The van der Waals surface area contributed by atoms with Crippen LogP contribution in [0.25, 0.3) is 0 Å². The van der Waals surface area contributed by atoms with Gasteiger partial charge in [-0.2, -0.15) is 0 Å². The van der Waals surface area contributed by atoms with Gasteiger partial charge >= 0.3 is 0 Å². The normalized spacial score (nSPS) is 9.00. The third-order valence-corrected chi connectivity index (χ3v) is 1.23. The summed E-state index contributed by atoms with van der Waals surface area (Å²) in [5, 5.41) is 2.91. The van der Waals surface area contributed by atoms with Crippen molar-refractivity contribution in [3.8, 4) is 5.75 Å². The number of pyridine rings is 1. The molecule has 0 bridgehead atoms. The Morgan fingerprint density at radius 2 is 2.40 bits per heavy atom. The summed E-state index contributed by atoms with van der Waals surface area (Å²) in [5.74, 6) is 1.54. The van der Waals surface area contributed by atoms with Gasteiger partial charge in [0.05, 0.1) is 7.11 Å². The van der Waals surface area contributed by atoms with Crippen LogP contribution in [0.3, 0.4) is 0 Å². The van der Waals surface area contributed by atoms with E-state index in [1.807, 2.05) is 19.2 Å². The lowest BCUT2D eigenvalue weighted by molar-refractivity contribution is 0.415. The maximum atomic E-state index is 5.01. The molecule has 0 aromatic carbocycles. The number of nitrogens with zero attached hydrogens (tertiary/aromatic N) is 1. The first kappa shape index (κ1) is 6.86. The van der Waals surface area contributed by atoms with Crippen molar-refractivity contribution in [2.24, 2.45) is 0 Å². The van der Waals surface area contributed by atoms with Crippen LogP contribution in [-0.2, 0) is 0 Å². The summed E-state index contributed by atoms with van der Waals surface area (Å²) < 4.78 is 5.01. The smallest absolute Gasteiger partial charge is 0.168 e. The van der Waals surface area contributed by atoms with Crippen molar-refractivity contribution >= 4 is 5.82 Å². The number of nitrogens with one attached hydrogen (secondary N) is 1. The quantitative estimate of drug-likeness (QED) is 0.665. The Hall–Kier alpha value is -1.25. The van der Waals surface area contributed by atoms with E-state index in [4.69, 9.17) is 4.74 Å². The molecule has 54 valence electrons. The van der Waals surface area contributed by atoms with Crippen LogP contribution in [0.15, 0.2) is 18.3 Å². The highest BCUT2D eigenvalue weighted by Gasteiger charge is 1.97. The zero-order valence-corrected chi connectivity index (χ0v) is 6.09. The van der Waals surface area contributed by atoms with E-state index in [2.05, 4.69) is 10.3 Å². The molecule has 0 radical (unpaired) electrons. The molecule has 1 aromatic heterocycles. The number of ether oxygens (including phenoxy) is 1. The maximum absolute atomic E-state index is 5.01. The van der Waals surface area contributed by atoms with E-state index in [0.29, 0.717) is 0 Å². The van der Waals surface area contributed by atoms with Gasteiger partial charge in [-0.05, 0) is 12.1 Å². The molecule has 3 heteroatoms. The van der Waals surface area contributed by atoms with E-state index in [-0.39, 0.29) is 0 Å². The van der Waals surface area contributed by atoms with E-state index in [1.54, 1.807) is 13.3 Å². The largest absolute Gasteiger partial charge is 0.493 e. The van der Waals surface area contributed by atoms with Crippen LogP contribution in [0.1, 0.15) is 0 Å². The Morgan fingerprint density at radius 1 is 1.60 bits per heavy atom. The van der Waals surface area contributed by atoms with Crippen molar-refractivity contribution in [3.05, 3.63) is 18.3 Å². The highest BCUT2D eigenvalue weighted by Crippen LogP contribution is 2.18. The molecule has 1 N–H and O–H groups in total. The molecule has 0 aliphatic rings. The monoisotopic (exact) mass is 138 g/mol. The number of aromatic nitrogens is 1. The van der Waals surface area contributed by atoms with Crippen LogP contribution in [0, 0.1) is 0 Å². The van der Waals surface area contributed by atoms with Gasteiger partial charge < -0.3 is 10.1 Å². The Labute approximate surface area is 60.0 Å². The van der Waals surface area contributed by atoms with Crippen LogP contribution >= 0.6 is 0 Å². The number of hydrogen-bond acceptors (Lipinski definition) is 3. The van der Waals surface area contributed by atoms with Gasteiger partial charge in [-0.25, -0.2) is 4.98 Å². The van der Waals surface area contributed by atoms with Crippen LogP contribution in [-0.4, -0.2) is 19.1 Å². The molecule has 0 atom stereocenters. The molecule has 1 heterocycles. The second-order valence-corrected chi connectivity index (χ2v) is 1.80. The second-order valence-electron chi connectivity index (χ2n) is 1.80. The average molecular weight is 138 g/mol. The highest BCUT2D eigenvalue weighted by atomic mass is 16.5. The predicted molar refractivity (Wildman–Crippen MR) is 40.3 cm³/mol. The minimum atomic E-state index is 0.769. The van der Waals surface area contributed by atoms with Crippen molar-refractivity contribution in [1.29, 1.82) is 0 Å². The third kappa shape index (κ3) is 1.18. The van der Waals surface area contributed by atoms with Crippen LogP contribution in [0.4, 0.5) is 5.82 Å². The molecule has 1 rings (SSSR count). The fourth-order valence-electron chi connectivity index (χ4n) is 0.743. The van der Waals surface area contributed by atoms with Crippen molar-refractivity contribution in [1.82, 2.24) is 4.98 Å². The Bertz CT molecular complexity index is 190. The lowest BCUT2D eigenvalue weighted by atomic mass is 10.4. The van der Waals surface area contributed by atoms with Gasteiger partial charge in [0.1, 0.15) is 0 Å². The van der Waals surface area contributed by atoms with Crippen molar-refractivity contribution in [3.63, 3.8) is 0 Å². The fourth-order valence-corrected chi connectivity index (χ4v) is 0.743. The molecule has 0 spiro atoms. The lowest BCUT2D eigenvalue weighted by Gasteiger charge is -2.04. The van der Waals surface area contributed by atoms with E-state index in [1.165, 1.54) is 0 Å². The standard InChI is InChI=1S/C7H10N2O/c1-8-7-6(10-2)4-3-5-9-7/h3-5H,1-2H3,(H,8,9). The van der Waals surface area contributed by atoms with Gasteiger partial charge in [-0.1, -0.05) is 0 Å². The number of rotatable bonds is 2. The van der Waals surface area contributed by atoms with Crippen molar-refractivity contribution < 1.29 is 4.74 Å². The van der Waals surface area contributed by atoms with Crippen LogP contribution < -0.4 is 10.1 Å². The van der Waals surface area contributed by atoms with Gasteiger partial charge in [0.25, 0.3) is 0 Å². The fraction of sp³-hybridized carbons (Fsp3) is 0.286.